The Morgan fingerprint density at radius 1 is 1.33 bits per heavy atom. The van der Waals surface area contributed by atoms with Crippen molar-refractivity contribution in [2.45, 2.75) is 49.9 Å². The third-order valence-electron chi connectivity index (χ3n) is 3.65. The van der Waals surface area contributed by atoms with Gasteiger partial charge in [-0.2, -0.15) is 11.8 Å². The van der Waals surface area contributed by atoms with Crippen molar-refractivity contribution in [1.29, 1.82) is 0 Å². The number of hydrogen-bond acceptors (Lipinski definition) is 3. The van der Waals surface area contributed by atoms with Crippen molar-refractivity contribution in [1.82, 2.24) is 10.2 Å². The van der Waals surface area contributed by atoms with E-state index >= 15 is 0 Å². The second-order valence-corrected chi connectivity index (χ2v) is 6.48. The van der Waals surface area contributed by atoms with Crippen LogP contribution >= 0.6 is 11.8 Å². The number of rotatable bonds is 5. The lowest BCUT2D eigenvalue weighted by atomic mass is 10.1. The first-order valence-electron chi connectivity index (χ1n) is 6.32. The van der Waals surface area contributed by atoms with Crippen LogP contribution < -0.4 is 5.32 Å². The zero-order chi connectivity index (χ0) is 10.7. The maximum Gasteiger partial charge on any atom is 0.0184 e. The van der Waals surface area contributed by atoms with Crippen LogP contribution in [0.5, 0.6) is 0 Å². The fourth-order valence-corrected chi connectivity index (χ4v) is 3.49. The highest BCUT2D eigenvalue weighted by molar-refractivity contribution is 7.99. The minimum Gasteiger partial charge on any atom is -0.312 e. The fraction of sp³-hybridized carbons (Fsp3) is 1.00. The van der Waals surface area contributed by atoms with Crippen molar-refractivity contribution in [2.24, 2.45) is 0 Å². The van der Waals surface area contributed by atoms with Gasteiger partial charge in [0.05, 0.1) is 0 Å². The van der Waals surface area contributed by atoms with Gasteiger partial charge in [-0.25, -0.2) is 0 Å². The number of hydrogen-bond donors (Lipinski definition) is 1. The van der Waals surface area contributed by atoms with Crippen molar-refractivity contribution in [3.8, 4) is 0 Å². The number of nitrogens with one attached hydrogen (secondary N) is 1. The van der Waals surface area contributed by atoms with Crippen LogP contribution in [0.15, 0.2) is 0 Å². The van der Waals surface area contributed by atoms with E-state index in [0.29, 0.717) is 0 Å². The smallest absolute Gasteiger partial charge is 0.0184 e. The van der Waals surface area contributed by atoms with Gasteiger partial charge in [0.25, 0.3) is 0 Å². The highest BCUT2D eigenvalue weighted by Gasteiger charge is 2.26. The average Bonchev–Trinajstić information content (AvgIpc) is 3.04. The van der Waals surface area contributed by atoms with Gasteiger partial charge in [0.15, 0.2) is 0 Å². The van der Waals surface area contributed by atoms with Crippen LogP contribution in [0.25, 0.3) is 0 Å². The van der Waals surface area contributed by atoms with Crippen LogP contribution in [-0.4, -0.2) is 48.1 Å². The third kappa shape index (κ3) is 3.65. The molecule has 0 aromatic heterocycles. The Morgan fingerprint density at radius 2 is 2.13 bits per heavy atom. The molecule has 0 radical (unpaired) electrons. The minimum atomic E-state index is 0.761. The van der Waals surface area contributed by atoms with E-state index in [0.717, 1.165) is 17.3 Å². The maximum absolute atomic E-state index is 3.72. The van der Waals surface area contributed by atoms with Crippen molar-refractivity contribution in [3.05, 3.63) is 0 Å². The first-order valence-corrected chi connectivity index (χ1v) is 7.37. The molecule has 0 spiro atoms. The highest BCUT2D eigenvalue weighted by atomic mass is 32.2. The Hall–Kier alpha value is 0.270. The van der Waals surface area contributed by atoms with E-state index in [9.17, 15) is 0 Å². The largest absolute Gasteiger partial charge is 0.312 e. The Kier molecular flexibility index (Phi) is 4.35. The molecule has 1 saturated carbocycles. The summed E-state index contributed by atoms with van der Waals surface area (Å²) in [5.41, 5.74) is 0. The van der Waals surface area contributed by atoms with Crippen molar-refractivity contribution >= 4 is 11.8 Å². The second kappa shape index (κ2) is 5.55. The van der Waals surface area contributed by atoms with Crippen LogP contribution in [0.4, 0.5) is 0 Å². The van der Waals surface area contributed by atoms with E-state index in [4.69, 9.17) is 0 Å². The van der Waals surface area contributed by atoms with Crippen LogP contribution in [-0.2, 0) is 0 Å². The molecule has 0 aromatic carbocycles. The summed E-state index contributed by atoms with van der Waals surface area (Å²) in [4.78, 5) is 2.51. The number of likely N-dealkylation sites (N-methyl/N-ethyl adjacent to an activating group) is 1. The molecule has 1 aliphatic heterocycles. The summed E-state index contributed by atoms with van der Waals surface area (Å²) >= 11 is 2.13. The van der Waals surface area contributed by atoms with E-state index in [1.54, 1.807) is 0 Å². The molecule has 0 aromatic rings. The third-order valence-corrected chi connectivity index (χ3v) is 5.03. The Balaban J connectivity index is 1.59. The van der Waals surface area contributed by atoms with Crippen molar-refractivity contribution in [2.75, 3.05) is 25.9 Å². The first kappa shape index (κ1) is 11.7. The molecule has 3 heteroatoms. The summed E-state index contributed by atoms with van der Waals surface area (Å²) in [5.74, 6) is 1.36. The normalized spacial score (nSPS) is 32.2. The summed E-state index contributed by atoms with van der Waals surface area (Å²) in [7, 11) is 2.26. The molecule has 0 amide bonds. The first-order chi connectivity index (χ1) is 7.27. The second-order valence-electron chi connectivity index (χ2n) is 4.99. The van der Waals surface area contributed by atoms with Gasteiger partial charge in [-0.3, -0.25) is 0 Å². The molecule has 1 heterocycles. The van der Waals surface area contributed by atoms with Gasteiger partial charge in [-0.15, -0.1) is 0 Å². The molecule has 2 fully saturated rings. The van der Waals surface area contributed by atoms with Gasteiger partial charge >= 0.3 is 0 Å². The molecule has 0 bridgehead atoms. The maximum atomic E-state index is 3.72. The summed E-state index contributed by atoms with van der Waals surface area (Å²) in [6.07, 6.45) is 5.62. The summed E-state index contributed by atoms with van der Waals surface area (Å²) in [6, 6.07) is 1.67. The molecule has 2 atom stereocenters. The standard InChI is InChI=1S/C12H24N2S/c1-10-12(4-3-9-15-10)13-7-8-14(2)11-5-6-11/h10-13H,3-9H2,1-2H3. The minimum absolute atomic E-state index is 0.761. The SMILES string of the molecule is CC1SCCCC1NCCN(C)C1CC1. The van der Waals surface area contributed by atoms with Crippen LogP contribution in [0.1, 0.15) is 32.6 Å². The van der Waals surface area contributed by atoms with Gasteiger partial charge < -0.3 is 10.2 Å². The van der Waals surface area contributed by atoms with Gasteiger partial charge in [0.1, 0.15) is 0 Å². The molecule has 2 aliphatic rings. The molecule has 1 saturated heterocycles. The lowest BCUT2D eigenvalue weighted by molar-refractivity contribution is 0.310. The van der Waals surface area contributed by atoms with Gasteiger partial charge in [-0.05, 0) is 38.5 Å². The number of nitrogens with zero attached hydrogens (tertiary/aromatic N) is 1. The zero-order valence-corrected chi connectivity index (χ0v) is 10.9. The predicted octanol–water partition coefficient (Wildman–Crippen LogP) is 1.95. The van der Waals surface area contributed by atoms with E-state index < -0.39 is 0 Å². The fourth-order valence-electron chi connectivity index (χ4n) is 2.32. The van der Waals surface area contributed by atoms with Crippen molar-refractivity contribution in [3.63, 3.8) is 0 Å². The van der Waals surface area contributed by atoms with E-state index in [1.165, 1.54) is 44.5 Å². The van der Waals surface area contributed by atoms with E-state index in [2.05, 4.69) is 35.9 Å². The summed E-state index contributed by atoms with van der Waals surface area (Å²) < 4.78 is 0. The Bertz CT molecular complexity index is 194. The molecule has 2 unspecified atom stereocenters. The van der Waals surface area contributed by atoms with Crippen molar-refractivity contribution < 1.29 is 0 Å². The Labute approximate surface area is 98.2 Å². The number of thioether (sulfide) groups is 1. The monoisotopic (exact) mass is 228 g/mol. The van der Waals surface area contributed by atoms with Gasteiger partial charge in [-0.1, -0.05) is 6.92 Å². The topological polar surface area (TPSA) is 15.3 Å². The lowest BCUT2D eigenvalue weighted by Crippen LogP contribution is -2.42. The molecule has 1 aliphatic carbocycles. The molecule has 88 valence electrons. The van der Waals surface area contributed by atoms with E-state index in [1.807, 2.05) is 0 Å². The van der Waals surface area contributed by atoms with Gasteiger partial charge in [0.2, 0.25) is 0 Å². The summed E-state index contributed by atoms with van der Waals surface area (Å²) in [5, 5.41) is 4.53. The average molecular weight is 228 g/mol. The molecular weight excluding hydrogens is 204 g/mol. The molecule has 2 nitrogen and oxygen atoms in total. The predicted molar refractivity (Wildman–Crippen MR) is 68.6 cm³/mol. The molecular formula is C12H24N2S. The van der Waals surface area contributed by atoms with Crippen LogP contribution in [0, 0.1) is 0 Å². The molecule has 1 N–H and O–H groups in total. The molecule has 2 rings (SSSR count). The van der Waals surface area contributed by atoms with E-state index in [-0.39, 0.29) is 0 Å². The van der Waals surface area contributed by atoms with Gasteiger partial charge in [0, 0.05) is 30.4 Å². The summed E-state index contributed by atoms with van der Waals surface area (Å²) in [6.45, 7) is 4.76. The van der Waals surface area contributed by atoms with Crippen LogP contribution in [0.2, 0.25) is 0 Å². The highest BCUT2D eigenvalue weighted by Crippen LogP contribution is 2.26. The molecule has 15 heavy (non-hydrogen) atoms. The lowest BCUT2D eigenvalue weighted by Gasteiger charge is -2.30. The Morgan fingerprint density at radius 3 is 2.80 bits per heavy atom. The quantitative estimate of drug-likeness (QED) is 0.774. The zero-order valence-electron chi connectivity index (χ0n) is 10.0. The van der Waals surface area contributed by atoms with Crippen LogP contribution in [0.3, 0.4) is 0 Å².